The van der Waals surface area contributed by atoms with E-state index in [1.165, 1.54) is 11.1 Å². The smallest absolute Gasteiger partial charge is 0.260 e. The molecule has 3 aromatic carbocycles. The van der Waals surface area contributed by atoms with Crippen molar-refractivity contribution in [3.63, 3.8) is 0 Å². The largest absolute Gasteiger partial charge is 0.494 e. The lowest BCUT2D eigenvalue weighted by Crippen LogP contribution is -2.33. The maximum Gasteiger partial charge on any atom is 0.260 e. The van der Waals surface area contributed by atoms with Crippen molar-refractivity contribution in [1.82, 2.24) is 9.88 Å². The molecule has 0 saturated heterocycles. The number of methoxy groups -OCH3 is 1. The number of fused-ring (bicyclic) bond motifs is 1. The highest BCUT2D eigenvalue weighted by atomic mass is 32.1. The minimum Gasteiger partial charge on any atom is -0.494 e. The molecule has 0 aliphatic rings. The standard InChI is InChI=1S/C28H31N3O2S/c1-20-11-16-24(33-4)25-26(20)34-28(29-25)31(18-8-17-30(2)3)27(32)23-14-12-22(13-15-23)19-21-9-6-5-7-10-21/h5-7,9-16H,8,17-19H2,1-4H3. The van der Waals surface area contributed by atoms with E-state index >= 15 is 0 Å². The Labute approximate surface area is 205 Å². The summed E-state index contributed by atoms with van der Waals surface area (Å²) < 4.78 is 6.58. The summed E-state index contributed by atoms with van der Waals surface area (Å²) in [6.45, 7) is 3.56. The van der Waals surface area contributed by atoms with E-state index in [2.05, 4.69) is 24.0 Å². The third-order valence-corrected chi connectivity index (χ3v) is 7.04. The van der Waals surface area contributed by atoms with Crippen LogP contribution in [0.25, 0.3) is 10.2 Å². The SMILES string of the molecule is COc1ccc(C)c2sc(N(CCCN(C)C)C(=O)c3ccc(Cc4ccccc4)cc3)nc12. The predicted octanol–water partition coefficient (Wildman–Crippen LogP) is 5.80. The van der Waals surface area contributed by atoms with E-state index in [0.29, 0.717) is 17.2 Å². The quantitative estimate of drug-likeness (QED) is 0.308. The summed E-state index contributed by atoms with van der Waals surface area (Å²) in [5.74, 6) is 0.703. The third-order valence-electron chi connectivity index (χ3n) is 5.83. The summed E-state index contributed by atoms with van der Waals surface area (Å²) in [4.78, 5) is 22.5. The van der Waals surface area contributed by atoms with Crippen molar-refractivity contribution in [2.45, 2.75) is 19.8 Å². The van der Waals surface area contributed by atoms with Crippen molar-refractivity contribution < 1.29 is 9.53 Å². The highest BCUT2D eigenvalue weighted by Crippen LogP contribution is 2.37. The lowest BCUT2D eigenvalue weighted by atomic mass is 10.0. The van der Waals surface area contributed by atoms with Gasteiger partial charge in [-0.1, -0.05) is 59.9 Å². The van der Waals surface area contributed by atoms with Crippen LogP contribution in [0.5, 0.6) is 5.75 Å². The van der Waals surface area contributed by atoms with Crippen molar-refractivity contribution in [3.8, 4) is 5.75 Å². The third kappa shape index (κ3) is 5.46. The number of rotatable bonds is 9. The van der Waals surface area contributed by atoms with E-state index < -0.39 is 0 Å². The summed E-state index contributed by atoms with van der Waals surface area (Å²) in [6, 6.07) is 22.3. The van der Waals surface area contributed by atoms with Crippen LogP contribution in [0.15, 0.2) is 66.7 Å². The number of hydrogen-bond donors (Lipinski definition) is 0. The van der Waals surface area contributed by atoms with Gasteiger partial charge in [0.15, 0.2) is 5.13 Å². The monoisotopic (exact) mass is 473 g/mol. The van der Waals surface area contributed by atoms with Crippen LogP contribution < -0.4 is 9.64 Å². The maximum atomic E-state index is 13.7. The number of ether oxygens (including phenoxy) is 1. The molecule has 0 aliphatic carbocycles. The maximum absolute atomic E-state index is 13.7. The summed E-state index contributed by atoms with van der Waals surface area (Å²) in [5.41, 5.74) is 5.05. The van der Waals surface area contributed by atoms with Crippen molar-refractivity contribution in [2.24, 2.45) is 0 Å². The highest BCUT2D eigenvalue weighted by molar-refractivity contribution is 7.22. The zero-order valence-electron chi connectivity index (χ0n) is 20.2. The molecule has 176 valence electrons. The minimum absolute atomic E-state index is 0.0271. The Morgan fingerprint density at radius 2 is 1.65 bits per heavy atom. The van der Waals surface area contributed by atoms with Gasteiger partial charge in [0.05, 0.1) is 11.8 Å². The van der Waals surface area contributed by atoms with Gasteiger partial charge in [-0.2, -0.15) is 0 Å². The molecule has 0 unspecified atom stereocenters. The van der Waals surface area contributed by atoms with Crippen LogP contribution in [0.4, 0.5) is 5.13 Å². The Morgan fingerprint density at radius 1 is 0.941 bits per heavy atom. The van der Waals surface area contributed by atoms with Gasteiger partial charge in [-0.15, -0.1) is 0 Å². The molecule has 1 heterocycles. The first-order valence-corrected chi connectivity index (χ1v) is 12.3. The molecule has 4 rings (SSSR count). The molecule has 1 amide bonds. The Balaban J connectivity index is 1.62. The van der Waals surface area contributed by atoms with Gasteiger partial charge >= 0.3 is 0 Å². The molecule has 0 bridgehead atoms. The molecule has 0 spiro atoms. The van der Waals surface area contributed by atoms with Gasteiger partial charge in [-0.25, -0.2) is 4.98 Å². The Hall–Kier alpha value is -3.22. The molecule has 4 aromatic rings. The lowest BCUT2D eigenvalue weighted by molar-refractivity contribution is 0.0986. The Morgan fingerprint density at radius 3 is 2.32 bits per heavy atom. The van der Waals surface area contributed by atoms with Crippen LogP contribution in [-0.4, -0.2) is 50.1 Å². The second kappa shape index (κ2) is 10.8. The Bertz CT molecular complexity index is 1250. The zero-order valence-corrected chi connectivity index (χ0v) is 21.1. The van der Waals surface area contributed by atoms with Crippen molar-refractivity contribution in [2.75, 3.05) is 39.2 Å². The molecule has 0 radical (unpaired) electrons. The van der Waals surface area contributed by atoms with Crippen LogP contribution in [0, 0.1) is 6.92 Å². The van der Waals surface area contributed by atoms with Crippen LogP contribution >= 0.6 is 11.3 Å². The summed E-state index contributed by atoms with van der Waals surface area (Å²) in [7, 11) is 5.74. The van der Waals surface area contributed by atoms with E-state index in [-0.39, 0.29) is 5.91 Å². The molecular formula is C28H31N3O2S. The molecule has 6 heteroatoms. The fraction of sp³-hybridized carbons (Fsp3) is 0.286. The number of amides is 1. The van der Waals surface area contributed by atoms with Crippen LogP contribution in [0.2, 0.25) is 0 Å². The van der Waals surface area contributed by atoms with Gasteiger partial charge in [-0.3, -0.25) is 9.69 Å². The van der Waals surface area contributed by atoms with Crippen molar-refractivity contribution in [3.05, 3.63) is 89.0 Å². The van der Waals surface area contributed by atoms with Gasteiger partial charge < -0.3 is 9.64 Å². The van der Waals surface area contributed by atoms with Gasteiger partial charge in [0.25, 0.3) is 5.91 Å². The average molecular weight is 474 g/mol. The zero-order chi connectivity index (χ0) is 24.1. The molecule has 0 N–H and O–H groups in total. The second-order valence-corrected chi connectivity index (χ2v) is 9.71. The predicted molar refractivity (Wildman–Crippen MR) is 141 cm³/mol. The average Bonchev–Trinajstić information content (AvgIpc) is 3.29. The van der Waals surface area contributed by atoms with Crippen LogP contribution in [-0.2, 0) is 6.42 Å². The van der Waals surface area contributed by atoms with E-state index in [1.807, 2.05) is 73.6 Å². The first-order valence-electron chi connectivity index (χ1n) is 11.5. The van der Waals surface area contributed by atoms with E-state index in [4.69, 9.17) is 9.72 Å². The van der Waals surface area contributed by atoms with Crippen LogP contribution in [0.3, 0.4) is 0 Å². The number of carbonyl (C=O) groups is 1. The number of benzene rings is 3. The van der Waals surface area contributed by atoms with Gasteiger partial charge in [-0.05, 0) is 75.3 Å². The molecule has 5 nitrogen and oxygen atoms in total. The van der Waals surface area contributed by atoms with Crippen molar-refractivity contribution in [1.29, 1.82) is 0 Å². The van der Waals surface area contributed by atoms with Gasteiger partial charge in [0.2, 0.25) is 0 Å². The minimum atomic E-state index is -0.0271. The molecule has 0 saturated carbocycles. The number of nitrogens with zero attached hydrogens (tertiary/aromatic N) is 3. The summed E-state index contributed by atoms with van der Waals surface area (Å²) >= 11 is 1.55. The van der Waals surface area contributed by atoms with E-state index in [1.54, 1.807) is 18.4 Å². The number of aryl methyl sites for hydroxylation is 1. The second-order valence-electron chi connectivity index (χ2n) is 8.73. The van der Waals surface area contributed by atoms with E-state index in [0.717, 1.165) is 40.9 Å². The number of anilines is 1. The number of hydrogen-bond acceptors (Lipinski definition) is 5. The highest BCUT2D eigenvalue weighted by Gasteiger charge is 2.23. The summed E-state index contributed by atoms with van der Waals surface area (Å²) in [5, 5.41) is 0.708. The van der Waals surface area contributed by atoms with Crippen LogP contribution in [0.1, 0.15) is 33.5 Å². The first-order chi connectivity index (χ1) is 16.5. The van der Waals surface area contributed by atoms with Crippen molar-refractivity contribution >= 4 is 32.6 Å². The Kier molecular flexibility index (Phi) is 7.60. The normalized spacial score (nSPS) is 11.2. The molecular weight excluding hydrogens is 442 g/mol. The van der Waals surface area contributed by atoms with Gasteiger partial charge in [0, 0.05) is 12.1 Å². The lowest BCUT2D eigenvalue weighted by Gasteiger charge is -2.21. The topological polar surface area (TPSA) is 45.7 Å². The van der Waals surface area contributed by atoms with Gasteiger partial charge in [0.1, 0.15) is 11.3 Å². The molecule has 34 heavy (non-hydrogen) atoms. The fourth-order valence-corrected chi connectivity index (χ4v) is 5.04. The molecule has 0 fully saturated rings. The number of carbonyl (C=O) groups excluding carboxylic acids is 1. The molecule has 0 atom stereocenters. The molecule has 0 aliphatic heterocycles. The molecule has 1 aromatic heterocycles. The number of aromatic nitrogens is 1. The summed E-state index contributed by atoms with van der Waals surface area (Å²) in [6.07, 6.45) is 1.70. The fourth-order valence-electron chi connectivity index (χ4n) is 3.96. The number of thiazole rings is 1. The first kappa shape index (κ1) is 23.9. The van der Waals surface area contributed by atoms with E-state index in [9.17, 15) is 4.79 Å².